The van der Waals surface area contributed by atoms with Crippen molar-refractivity contribution in [1.82, 2.24) is 9.55 Å². The van der Waals surface area contributed by atoms with Crippen LogP contribution in [-0.4, -0.2) is 20.6 Å². The number of hydrogen-bond acceptors (Lipinski definition) is 3. The summed E-state index contributed by atoms with van der Waals surface area (Å²) in [6, 6.07) is 5.94. The van der Waals surface area contributed by atoms with Crippen molar-refractivity contribution in [2.75, 3.05) is 0 Å². The zero-order valence-electron chi connectivity index (χ0n) is 11.7. The van der Waals surface area contributed by atoms with Crippen molar-refractivity contribution in [1.29, 1.82) is 5.26 Å². The SMILES string of the molecule is N#Cc1cnc2ccn(CC3CCC(C(=O)O)CC3)c2c1. The third-order valence-electron chi connectivity index (χ3n) is 4.40. The Labute approximate surface area is 122 Å². The lowest BCUT2D eigenvalue weighted by atomic mass is 9.82. The number of pyridine rings is 1. The molecule has 0 unspecified atom stereocenters. The Morgan fingerprint density at radius 2 is 2.19 bits per heavy atom. The average Bonchev–Trinajstić information content (AvgIpc) is 2.90. The van der Waals surface area contributed by atoms with Gasteiger partial charge in [-0.25, -0.2) is 0 Å². The Balaban J connectivity index is 1.74. The first-order chi connectivity index (χ1) is 10.2. The monoisotopic (exact) mass is 283 g/mol. The van der Waals surface area contributed by atoms with Crippen LogP contribution in [0.5, 0.6) is 0 Å². The minimum atomic E-state index is -0.664. The van der Waals surface area contributed by atoms with Gasteiger partial charge in [0.15, 0.2) is 0 Å². The Kier molecular flexibility index (Phi) is 3.61. The number of hydrogen-bond donors (Lipinski definition) is 1. The molecule has 1 saturated carbocycles. The van der Waals surface area contributed by atoms with Gasteiger partial charge in [-0.1, -0.05) is 0 Å². The molecule has 0 bridgehead atoms. The van der Waals surface area contributed by atoms with E-state index >= 15 is 0 Å². The number of carbonyl (C=O) groups is 1. The van der Waals surface area contributed by atoms with Gasteiger partial charge in [0.25, 0.3) is 0 Å². The summed E-state index contributed by atoms with van der Waals surface area (Å²) in [5.41, 5.74) is 2.44. The van der Waals surface area contributed by atoms with Crippen molar-refractivity contribution in [2.45, 2.75) is 32.2 Å². The summed E-state index contributed by atoms with van der Waals surface area (Å²) >= 11 is 0. The molecule has 21 heavy (non-hydrogen) atoms. The lowest BCUT2D eigenvalue weighted by Gasteiger charge is -2.26. The molecule has 2 heterocycles. The lowest BCUT2D eigenvalue weighted by molar-refractivity contribution is -0.143. The third kappa shape index (κ3) is 2.75. The first-order valence-corrected chi connectivity index (χ1v) is 7.25. The molecule has 1 aliphatic rings. The first-order valence-electron chi connectivity index (χ1n) is 7.25. The summed E-state index contributed by atoms with van der Waals surface area (Å²) in [4.78, 5) is 15.3. The minimum absolute atomic E-state index is 0.172. The van der Waals surface area contributed by atoms with E-state index in [1.807, 2.05) is 18.3 Å². The van der Waals surface area contributed by atoms with Gasteiger partial charge < -0.3 is 9.67 Å². The van der Waals surface area contributed by atoms with Gasteiger partial charge in [0.2, 0.25) is 0 Å². The molecule has 0 spiro atoms. The van der Waals surface area contributed by atoms with E-state index in [9.17, 15) is 4.79 Å². The van der Waals surface area contributed by atoms with Gasteiger partial charge in [0.1, 0.15) is 6.07 Å². The number of rotatable bonds is 3. The van der Waals surface area contributed by atoms with Gasteiger partial charge >= 0.3 is 5.97 Å². The molecule has 3 rings (SSSR count). The van der Waals surface area contributed by atoms with Crippen molar-refractivity contribution in [3.63, 3.8) is 0 Å². The van der Waals surface area contributed by atoms with Crippen molar-refractivity contribution in [3.05, 3.63) is 30.1 Å². The molecule has 1 aliphatic carbocycles. The van der Waals surface area contributed by atoms with Crippen molar-refractivity contribution < 1.29 is 9.90 Å². The molecule has 0 aliphatic heterocycles. The van der Waals surface area contributed by atoms with Gasteiger partial charge in [-0.3, -0.25) is 9.78 Å². The Bertz CT molecular complexity index is 706. The molecule has 0 radical (unpaired) electrons. The normalized spacial score (nSPS) is 22.0. The summed E-state index contributed by atoms with van der Waals surface area (Å²) in [5.74, 6) is -0.334. The maximum absolute atomic E-state index is 11.0. The van der Waals surface area contributed by atoms with Crippen LogP contribution in [0, 0.1) is 23.2 Å². The van der Waals surface area contributed by atoms with Crippen LogP contribution in [0.3, 0.4) is 0 Å². The fourth-order valence-electron chi connectivity index (χ4n) is 3.15. The highest BCUT2D eigenvalue weighted by molar-refractivity contribution is 5.76. The van der Waals surface area contributed by atoms with Crippen LogP contribution in [0.1, 0.15) is 31.2 Å². The molecule has 5 nitrogen and oxygen atoms in total. The number of carboxylic acid groups (broad SMARTS) is 1. The predicted octanol–water partition coefficient (Wildman–Crippen LogP) is 2.80. The highest BCUT2D eigenvalue weighted by atomic mass is 16.4. The molecule has 0 atom stereocenters. The maximum Gasteiger partial charge on any atom is 0.306 e. The van der Waals surface area contributed by atoms with Gasteiger partial charge in [-0.05, 0) is 43.7 Å². The molecule has 2 aromatic heterocycles. The molecule has 0 saturated heterocycles. The molecular weight excluding hydrogens is 266 g/mol. The van der Waals surface area contributed by atoms with Crippen LogP contribution in [0.25, 0.3) is 11.0 Å². The fraction of sp³-hybridized carbons (Fsp3) is 0.438. The van der Waals surface area contributed by atoms with E-state index in [2.05, 4.69) is 15.6 Å². The van der Waals surface area contributed by atoms with Crippen molar-refractivity contribution in [2.24, 2.45) is 11.8 Å². The fourth-order valence-corrected chi connectivity index (χ4v) is 3.15. The van der Waals surface area contributed by atoms with E-state index in [1.165, 1.54) is 0 Å². The second-order valence-electron chi connectivity index (χ2n) is 5.76. The number of fused-ring (bicyclic) bond motifs is 1. The summed E-state index contributed by atoms with van der Waals surface area (Å²) in [6.45, 7) is 0.867. The summed E-state index contributed by atoms with van der Waals surface area (Å²) in [6.07, 6.45) is 7.01. The van der Waals surface area contributed by atoms with Crippen LogP contribution in [0.4, 0.5) is 0 Å². The smallest absolute Gasteiger partial charge is 0.306 e. The minimum Gasteiger partial charge on any atom is -0.481 e. The Morgan fingerprint density at radius 1 is 1.43 bits per heavy atom. The molecule has 0 amide bonds. The number of nitrogens with zero attached hydrogens (tertiary/aromatic N) is 3. The quantitative estimate of drug-likeness (QED) is 0.939. The Morgan fingerprint density at radius 3 is 2.86 bits per heavy atom. The van der Waals surface area contributed by atoms with E-state index in [4.69, 9.17) is 10.4 Å². The van der Waals surface area contributed by atoms with E-state index in [-0.39, 0.29) is 5.92 Å². The standard InChI is InChI=1S/C16H17N3O2/c17-8-12-7-15-14(18-9-12)5-6-19(15)10-11-1-3-13(4-2-11)16(20)21/h5-7,9,11,13H,1-4,10H2,(H,20,21). The summed E-state index contributed by atoms with van der Waals surface area (Å²) in [7, 11) is 0. The van der Waals surface area contributed by atoms with Gasteiger partial charge in [0.05, 0.1) is 22.5 Å². The van der Waals surface area contributed by atoms with Gasteiger partial charge in [-0.15, -0.1) is 0 Å². The van der Waals surface area contributed by atoms with E-state index in [0.29, 0.717) is 11.5 Å². The molecule has 0 aromatic carbocycles. The van der Waals surface area contributed by atoms with E-state index < -0.39 is 5.97 Å². The zero-order chi connectivity index (χ0) is 14.8. The predicted molar refractivity (Wildman–Crippen MR) is 77.5 cm³/mol. The number of nitriles is 1. The number of aliphatic carboxylic acids is 1. The van der Waals surface area contributed by atoms with E-state index in [0.717, 1.165) is 43.3 Å². The highest BCUT2D eigenvalue weighted by Gasteiger charge is 2.26. The highest BCUT2D eigenvalue weighted by Crippen LogP contribution is 2.30. The molecule has 5 heteroatoms. The summed E-state index contributed by atoms with van der Waals surface area (Å²) in [5, 5.41) is 18.0. The largest absolute Gasteiger partial charge is 0.481 e. The lowest BCUT2D eigenvalue weighted by Crippen LogP contribution is -2.23. The average molecular weight is 283 g/mol. The van der Waals surface area contributed by atoms with Crippen LogP contribution < -0.4 is 0 Å². The van der Waals surface area contributed by atoms with Crippen LogP contribution in [0.15, 0.2) is 24.5 Å². The summed E-state index contributed by atoms with van der Waals surface area (Å²) < 4.78 is 2.13. The zero-order valence-corrected chi connectivity index (χ0v) is 11.7. The second kappa shape index (κ2) is 5.57. The Hall–Kier alpha value is -2.35. The van der Waals surface area contributed by atoms with Gasteiger partial charge in [0, 0.05) is 18.9 Å². The maximum atomic E-state index is 11.0. The van der Waals surface area contributed by atoms with Crippen molar-refractivity contribution >= 4 is 17.0 Å². The molecule has 1 N–H and O–H groups in total. The molecule has 108 valence electrons. The number of aromatic nitrogens is 2. The number of carboxylic acids is 1. The topological polar surface area (TPSA) is 78.9 Å². The van der Waals surface area contributed by atoms with Crippen LogP contribution in [-0.2, 0) is 11.3 Å². The molecular formula is C16H17N3O2. The van der Waals surface area contributed by atoms with Crippen LogP contribution in [0.2, 0.25) is 0 Å². The molecule has 1 fully saturated rings. The van der Waals surface area contributed by atoms with Crippen molar-refractivity contribution in [3.8, 4) is 6.07 Å². The second-order valence-corrected chi connectivity index (χ2v) is 5.76. The first kappa shape index (κ1) is 13.6. The third-order valence-corrected chi connectivity index (χ3v) is 4.40. The molecule has 2 aromatic rings. The van der Waals surface area contributed by atoms with Gasteiger partial charge in [-0.2, -0.15) is 5.26 Å². The van der Waals surface area contributed by atoms with E-state index in [1.54, 1.807) is 6.20 Å². The van der Waals surface area contributed by atoms with Crippen LogP contribution >= 0.6 is 0 Å².